The Bertz CT molecular complexity index is 714. The molecule has 0 unspecified atom stereocenters. The van der Waals surface area contributed by atoms with Gasteiger partial charge in [-0.15, -0.1) is 0 Å². The van der Waals surface area contributed by atoms with Gasteiger partial charge in [0.2, 0.25) is 0 Å². The average molecular weight is 360 g/mol. The van der Waals surface area contributed by atoms with E-state index in [9.17, 15) is 9.59 Å². The molecule has 0 radical (unpaired) electrons. The average Bonchev–Trinajstić information content (AvgIpc) is 2.63. The fourth-order valence-corrected chi connectivity index (χ4v) is 2.48. The van der Waals surface area contributed by atoms with Gasteiger partial charge in [0.1, 0.15) is 0 Å². The van der Waals surface area contributed by atoms with Crippen molar-refractivity contribution in [3.8, 4) is 0 Å². The summed E-state index contributed by atoms with van der Waals surface area (Å²) in [5, 5.41) is 6.18. The van der Waals surface area contributed by atoms with Gasteiger partial charge in [-0.3, -0.25) is 4.79 Å². The molecule has 0 aliphatic rings. The number of urea groups is 1. The lowest BCUT2D eigenvalue weighted by Gasteiger charge is -2.18. The van der Waals surface area contributed by atoms with Gasteiger partial charge in [-0.05, 0) is 41.8 Å². The van der Waals surface area contributed by atoms with Gasteiger partial charge in [0, 0.05) is 37.8 Å². The molecule has 0 saturated heterocycles. The van der Waals surface area contributed by atoms with Gasteiger partial charge < -0.3 is 15.5 Å². The van der Waals surface area contributed by atoms with Crippen LogP contribution in [0.3, 0.4) is 0 Å². The summed E-state index contributed by atoms with van der Waals surface area (Å²) in [5.74, 6) is -0.125. The van der Waals surface area contributed by atoms with Crippen molar-refractivity contribution in [3.05, 3.63) is 70.2 Å². The van der Waals surface area contributed by atoms with Crippen molar-refractivity contribution in [1.82, 2.24) is 15.5 Å². The molecule has 0 spiro atoms. The largest absolute Gasteiger partial charge is 0.355 e. The number of amides is 3. The van der Waals surface area contributed by atoms with Crippen LogP contribution in [-0.4, -0.2) is 37.5 Å². The molecule has 0 fully saturated rings. The van der Waals surface area contributed by atoms with E-state index in [1.807, 2.05) is 36.4 Å². The van der Waals surface area contributed by atoms with E-state index in [1.54, 1.807) is 31.1 Å². The van der Waals surface area contributed by atoms with E-state index in [4.69, 9.17) is 11.6 Å². The third-order valence-electron chi connectivity index (χ3n) is 3.81. The molecule has 2 aromatic rings. The van der Waals surface area contributed by atoms with Crippen molar-refractivity contribution in [3.63, 3.8) is 0 Å². The topological polar surface area (TPSA) is 61.4 Å². The van der Waals surface area contributed by atoms with Crippen LogP contribution in [0.15, 0.2) is 48.5 Å². The lowest BCUT2D eigenvalue weighted by atomic mass is 10.1. The number of halogens is 1. The van der Waals surface area contributed by atoms with E-state index >= 15 is 0 Å². The van der Waals surface area contributed by atoms with Crippen LogP contribution in [0.5, 0.6) is 0 Å². The molecule has 0 saturated carbocycles. The third-order valence-corrected chi connectivity index (χ3v) is 4.06. The zero-order chi connectivity index (χ0) is 18.2. The minimum absolute atomic E-state index is 0.125. The molecule has 0 aliphatic heterocycles. The second kappa shape index (κ2) is 9.08. The van der Waals surface area contributed by atoms with E-state index in [1.165, 1.54) is 0 Å². The Hall–Kier alpha value is -2.53. The molecule has 0 aliphatic carbocycles. The molecule has 132 valence electrons. The van der Waals surface area contributed by atoms with Crippen LogP contribution in [0.2, 0.25) is 5.02 Å². The molecule has 0 aromatic heterocycles. The molecule has 2 N–H and O–H groups in total. The fourth-order valence-electron chi connectivity index (χ4n) is 2.35. The maximum atomic E-state index is 12.1. The number of carbonyl (C=O) groups is 2. The first-order valence-corrected chi connectivity index (χ1v) is 8.42. The van der Waals surface area contributed by atoms with Crippen molar-refractivity contribution < 1.29 is 9.59 Å². The Balaban J connectivity index is 1.79. The summed E-state index contributed by atoms with van der Waals surface area (Å²) in [6, 6.07) is 14.6. The summed E-state index contributed by atoms with van der Waals surface area (Å²) >= 11 is 5.85. The number of benzene rings is 2. The summed E-state index contributed by atoms with van der Waals surface area (Å²) in [5.41, 5.74) is 2.68. The van der Waals surface area contributed by atoms with Crippen LogP contribution in [0.25, 0.3) is 0 Å². The first kappa shape index (κ1) is 18.8. The second-order valence-electron chi connectivity index (χ2n) is 5.74. The van der Waals surface area contributed by atoms with Crippen LogP contribution < -0.4 is 10.6 Å². The van der Waals surface area contributed by atoms with Gasteiger partial charge in [0.15, 0.2) is 0 Å². The Labute approximate surface area is 153 Å². The molecule has 2 aromatic carbocycles. The van der Waals surface area contributed by atoms with Crippen molar-refractivity contribution >= 4 is 23.5 Å². The minimum atomic E-state index is -0.135. The zero-order valence-corrected chi connectivity index (χ0v) is 15.1. The molecule has 6 heteroatoms. The minimum Gasteiger partial charge on any atom is -0.355 e. The molecule has 0 bridgehead atoms. The van der Waals surface area contributed by atoms with Gasteiger partial charge in [0.05, 0.1) is 0 Å². The number of nitrogens with zero attached hydrogens (tertiary/aromatic N) is 1. The molecular formula is C19H22ClN3O2. The molecular weight excluding hydrogens is 338 g/mol. The lowest BCUT2D eigenvalue weighted by molar-refractivity contribution is 0.0963. The molecule has 0 atom stereocenters. The van der Waals surface area contributed by atoms with E-state index in [0.29, 0.717) is 23.7 Å². The monoisotopic (exact) mass is 359 g/mol. The molecule has 0 heterocycles. The number of hydrogen-bond acceptors (Lipinski definition) is 2. The highest BCUT2D eigenvalue weighted by Crippen LogP contribution is 2.10. The zero-order valence-electron chi connectivity index (χ0n) is 14.4. The molecule has 25 heavy (non-hydrogen) atoms. The van der Waals surface area contributed by atoms with Gasteiger partial charge in [-0.2, -0.15) is 0 Å². The predicted octanol–water partition coefficient (Wildman–Crippen LogP) is 3.08. The van der Waals surface area contributed by atoms with E-state index in [-0.39, 0.29) is 11.9 Å². The number of carbonyl (C=O) groups excluding carboxylic acids is 2. The molecule has 2 rings (SSSR count). The highest BCUT2D eigenvalue weighted by atomic mass is 35.5. The van der Waals surface area contributed by atoms with Crippen LogP contribution >= 0.6 is 11.6 Å². The highest BCUT2D eigenvalue weighted by molar-refractivity contribution is 6.30. The first-order valence-electron chi connectivity index (χ1n) is 8.04. The van der Waals surface area contributed by atoms with E-state index < -0.39 is 0 Å². The van der Waals surface area contributed by atoms with Crippen molar-refractivity contribution in [1.29, 1.82) is 0 Å². The van der Waals surface area contributed by atoms with Crippen LogP contribution in [0.4, 0.5) is 4.79 Å². The van der Waals surface area contributed by atoms with E-state index in [2.05, 4.69) is 10.6 Å². The van der Waals surface area contributed by atoms with Gasteiger partial charge in [-0.1, -0.05) is 35.9 Å². The van der Waals surface area contributed by atoms with Gasteiger partial charge in [-0.25, -0.2) is 4.79 Å². The number of hydrogen-bond donors (Lipinski definition) is 2. The maximum absolute atomic E-state index is 12.1. The summed E-state index contributed by atoms with van der Waals surface area (Å²) in [6.45, 7) is 1.03. The smallest absolute Gasteiger partial charge is 0.317 e. The number of rotatable bonds is 6. The third kappa shape index (κ3) is 5.80. The Morgan fingerprint density at radius 2 is 1.60 bits per heavy atom. The SMILES string of the molecule is CNC(=O)c1ccc(CN(C)C(=O)NCCc2ccc(Cl)cc2)cc1. The quantitative estimate of drug-likeness (QED) is 0.832. The van der Waals surface area contributed by atoms with Gasteiger partial charge >= 0.3 is 6.03 Å². The Kier molecular flexibility index (Phi) is 6.83. The molecule has 5 nitrogen and oxygen atoms in total. The summed E-state index contributed by atoms with van der Waals surface area (Å²) in [4.78, 5) is 25.3. The van der Waals surface area contributed by atoms with Crippen LogP contribution in [0, 0.1) is 0 Å². The first-order chi connectivity index (χ1) is 12.0. The Morgan fingerprint density at radius 1 is 1.00 bits per heavy atom. The molecule has 3 amide bonds. The maximum Gasteiger partial charge on any atom is 0.317 e. The van der Waals surface area contributed by atoms with Crippen molar-refractivity contribution in [2.45, 2.75) is 13.0 Å². The lowest BCUT2D eigenvalue weighted by Crippen LogP contribution is -2.37. The van der Waals surface area contributed by atoms with Gasteiger partial charge in [0.25, 0.3) is 5.91 Å². The Morgan fingerprint density at radius 3 is 2.20 bits per heavy atom. The van der Waals surface area contributed by atoms with Crippen molar-refractivity contribution in [2.24, 2.45) is 0 Å². The van der Waals surface area contributed by atoms with Crippen LogP contribution in [-0.2, 0) is 13.0 Å². The van der Waals surface area contributed by atoms with E-state index in [0.717, 1.165) is 17.5 Å². The summed E-state index contributed by atoms with van der Waals surface area (Å²) in [7, 11) is 3.34. The van der Waals surface area contributed by atoms with Crippen LogP contribution in [0.1, 0.15) is 21.5 Å². The summed E-state index contributed by atoms with van der Waals surface area (Å²) in [6.07, 6.45) is 0.748. The normalized spacial score (nSPS) is 10.2. The second-order valence-corrected chi connectivity index (χ2v) is 6.18. The summed E-state index contributed by atoms with van der Waals surface area (Å²) < 4.78 is 0. The standard InChI is InChI=1S/C19H22ClN3O2/c1-21-18(24)16-7-3-15(4-8-16)13-23(2)19(25)22-12-11-14-5-9-17(20)10-6-14/h3-10H,11-13H2,1-2H3,(H,21,24)(H,22,25). The van der Waals surface area contributed by atoms with Crippen molar-refractivity contribution in [2.75, 3.05) is 20.6 Å². The highest BCUT2D eigenvalue weighted by Gasteiger charge is 2.09. The fraction of sp³-hybridized carbons (Fsp3) is 0.263. The number of nitrogens with one attached hydrogen (secondary N) is 2. The predicted molar refractivity (Wildman–Crippen MR) is 99.9 cm³/mol.